The summed E-state index contributed by atoms with van der Waals surface area (Å²) in [5, 5.41) is 0. The molecule has 1 saturated carbocycles. The van der Waals surface area contributed by atoms with Crippen molar-refractivity contribution in [2.24, 2.45) is 5.41 Å². The van der Waals surface area contributed by atoms with Gasteiger partial charge in [-0.05, 0) is 12.8 Å². The van der Waals surface area contributed by atoms with E-state index in [4.69, 9.17) is 0 Å². The lowest BCUT2D eigenvalue weighted by atomic mass is 9.75. The van der Waals surface area contributed by atoms with Gasteiger partial charge in [0.25, 0.3) is 0 Å². The highest BCUT2D eigenvalue weighted by Gasteiger charge is 2.33. The zero-order valence-corrected chi connectivity index (χ0v) is 10.2. The number of carbonyl (C=O) groups excluding carboxylic acids is 1. The molecule has 1 aliphatic rings. The van der Waals surface area contributed by atoms with E-state index in [0.717, 1.165) is 32.5 Å². The Balaban J connectivity index is 2.60. The number of carbonyl (C=O) groups is 1. The molecule has 0 aromatic rings. The SMILES string of the molecule is C=CCN(CC=C)CC1(C=O)CCCCC1. The molecule has 16 heavy (non-hydrogen) atoms. The predicted molar refractivity (Wildman–Crippen MR) is 68.4 cm³/mol. The lowest BCUT2D eigenvalue weighted by molar-refractivity contribution is -0.119. The zero-order chi connectivity index (χ0) is 11.9. The van der Waals surface area contributed by atoms with E-state index in [1.54, 1.807) is 0 Å². The van der Waals surface area contributed by atoms with E-state index in [1.807, 2.05) is 12.2 Å². The summed E-state index contributed by atoms with van der Waals surface area (Å²) in [6.45, 7) is 10.0. The Labute approximate surface area is 99.0 Å². The Morgan fingerprint density at radius 1 is 1.06 bits per heavy atom. The van der Waals surface area contributed by atoms with Crippen molar-refractivity contribution in [3.63, 3.8) is 0 Å². The Kier molecular flexibility index (Phi) is 5.47. The van der Waals surface area contributed by atoms with Crippen molar-refractivity contribution in [3.05, 3.63) is 25.3 Å². The van der Waals surface area contributed by atoms with Gasteiger partial charge < -0.3 is 4.79 Å². The van der Waals surface area contributed by atoms with Crippen LogP contribution in [0.25, 0.3) is 0 Å². The maximum Gasteiger partial charge on any atom is 0.127 e. The lowest BCUT2D eigenvalue weighted by Gasteiger charge is -2.36. The summed E-state index contributed by atoms with van der Waals surface area (Å²) in [5.41, 5.74) is -0.107. The summed E-state index contributed by atoms with van der Waals surface area (Å²) in [6.07, 6.45) is 10.7. The third-order valence-corrected chi connectivity index (χ3v) is 3.41. The van der Waals surface area contributed by atoms with Crippen molar-refractivity contribution in [2.45, 2.75) is 32.1 Å². The summed E-state index contributed by atoms with van der Waals surface area (Å²) in [7, 11) is 0. The van der Waals surface area contributed by atoms with Gasteiger partial charge >= 0.3 is 0 Å². The summed E-state index contributed by atoms with van der Waals surface area (Å²) in [6, 6.07) is 0. The van der Waals surface area contributed by atoms with Crippen LogP contribution in [0.3, 0.4) is 0 Å². The molecular weight excluding hydrogens is 198 g/mol. The maximum atomic E-state index is 11.3. The largest absolute Gasteiger partial charge is 0.303 e. The molecule has 1 fully saturated rings. The molecule has 0 unspecified atom stereocenters. The van der Waals surface area contributed by atoms with Gasteiger partial charge in [0.05, 0.1) is 0 Å². The topological polar surface area (TPSA) is 20.3 Å². The van der Waals surface area contributed by atoms with Crippen molar-refractivity contribution < 1.29 is 4.79 Å². The first-order valence-corrected chi connectivity index (χ1v) is 6.17. The van der Waals surface area contributed by atoms with E-state index in [-0.39, 0.29) is 5.41 Å². The third-order valence-electron chi connectivity index (χ3n) is 3.41. The average Bonchev–Trinajstić information content (AvgIpc) is 2.31. The fourth-order valence-corrected chi connectivity index (χ4v) is 2.58. The van der Waals surface area contributed by atoms with E-state index in [0.29, 0.717) is 0 Å². The molecule has 0 aromatic carbocycles. The highest BCUT2D eigenvalue weighted by Crippen LogP contribution is 2.35. The van der Waals surface area contributed by atoms with E-state index in [2.05, 4.69) is 18.1 Å². The van der Waals surface area contributed by atoms with Crippen molar-refractivity contribution in [2.75, 3.05) is 19.6 Å². The molecule has 0 amide bonds. The first kappa shape index (κ1) is 13.2. The van der Waals surface area contributed by atoms with E-state index >= 15 is 0 Å². The Bertz CT molecular complexity index is 231. The molecule has 0 heterocycles. The first-order valence-electron chi connectivity index (χ1n) is 6.17. The molecule has 1 rings (SSSR count). The van der Waals surface area contributed by atoms with Gasteiger partial charge in [-0.3, -0.25) is 4.90 Å². The molecule has 0 spiro atoms. The van der Waals surface area contributed by atoms with E-state index in [1.165, 1.54) is 25.5 Å². The number of hydrogen-bond acceptors (Lipinski definition) is 2. The van der Waals surface area contributed by atoms with Crippen LogP contribution in [0.5, 0.6) is 0 Å². The van der Waals surface area contributed by atoms with Crippen LogP contribution in [0.4, 0.5) is 0 Å². The molecule has 90 valence electrons. The Morgan fingerprint density at radius 3 is 2.06 bits per heavy atom. The predicted octanol–water partition coefficient (Wildman–Crippen LogP) is 2.81. The van der Waals surface area contributed by atoms with Crippen LogP contribution in [0.1, 0.15) is 32.1 Å². The molecule has 0 bridgehead atoms. The van der Waals surface area contributed by atoms with Crippen molar-refractivity contribution in [3.8, 4) is 0 Å². The van der Waals surface area contributed by atoms with Gasteiger partial charge in [0.1, 0.15) is 6.29 Å². The van der Waals surface area contributed by atoms with Gasteiger partial charge in [0, 0.05) is 25.0 Å². The minimum Gasteiger partial charge on any atom is -0.303 e. The van der Waals surface area contributed by atoms with Crippen molar-refractivity contribution >= 4 is 6.29 Å². The maximum absolute atomic E-state index is 11.3. The van der Waals surface area contributed by atoms with Crippen LogP contribution < -0.4 is 0 Å². The average molecular weight is 221 g/mol. The zero-order valence-electron chi connectivity index (χ0n) is 10.2. The smallest absolute Gasteiger partial charge is 0.127 e. The number of nitrogens with zero attached hydrogens (tertiary/aromatic N) is 1. The minimum absolute atomic E-state index is 0.107. The molecule has 0 saturated heterocycles. The summed E-state index contributed by atoms with van der Waals surface area (Å²) >= 11 is 0. The number of aldehydes is 1. The van der Waals surface area contributed by atoms with Gasteiger partial charge in [-0.15, -0.1) is 13.2 Å². The van der Waals surface area contributed by atoms with Crippen LogP contribution in [-0.4, -0.2) is 30.8 Å². The second kappa shape index (κ2) is 6.64. The normalized spacial score (nSPS) is 19.3. The number of rotatable bonds is 7. The van der Waals surface area contributed by atoms with Gasteiger partial charge in [0.15, 0.2) is 0 Å². The van der Waals surface area contributed by atoms with Gasteiger partial charge in [-0.2, -0.15) is 0 Å². The molecule has 0 aliphatic heterocycles. The standard InChI is InChI=1S/C14H23NO/c1-3-10-15(11-4-2)12-14(13-16)8-6-5-7-9-14/h3-4,13H,1-2,5-12H2. The summed E-state index contributed by atoms with van der Waals surface area (Å²) in [5.74, 6) is 0. The lowest BCUT2D eigenvalue weighted by Crippen LogP contribution is -2.40. The second-order valence-electron chi connectivity index (χ2n) is 4.81. The second-order valence-corrected chi connectivity index (χ2v) is 4.81. The molecule has 0 aromatic heterocycles. The molecule has 0 atom stereocenters. The first-order chi connectivity index (χ1) is 7.76. The molecule has 2 nitrogen and oxygen atoms in total. The van der Waals surface area contributed by atoms with Crippen LogP contribution >= 0.6 is 0 Å². The molecule has 0 N–H and O–H groups in total. The number of hydrogen-bond donors (Lipinski definition) is 0. The Hall–Kier alpha value is -0.890. The summed E-state index contributed by atoms with van der Waals surface area (Å²) in [4.78, 5) is 13.6. The van der Waals surface area contributed by atoms with Crippen LogP contribution in [-0.2, 0) is 4.79 Å². The van der Waals surface area contributed by atoms with Crippen LogP contribution in [0, 0.1) is 5.41 Å². The van der Waals surface area contributed by atoms with Crippen molar-refractivity contribution in [1.29, 1.82) is 0 Å². The monoisotopic (exact) mass is 221 g/mol. The fourth-order valence-electron chi connectivity index (χ4n) is 2.58. The van der Waals surface area contributed by atoms with Gasteiger partial charge in [-0.25, -0.2) is 0 Å². The molecular formula is C14H23NO. The highest BCUT2D eigenvalue weighted by atomic mass is 16.1. The molecule has 2 heteroatoms. The quantitative estimate of drug-likeness (QED) is 0.486. The van der Waals surface area contributed by atoms with E-state index < -0.39 is 0 Å². The molecule has 0 radical (unpaired) electrons. The highest BCUT2D eigenvalue weighted by molar-refractivity contribution is 5.60. The van der Waals surface area contributed by atoms with E-state index in [9.17, 15) is 4.79 Å². The van der Waals surface area contributed by atoms with Crippen molar-refractivity contribution in [1.82, 2.24) is 4.90 Å². The Morgan fingerprint density at radius 2 is 1.62 bits per heavy atom. The van der Waals surface area contributed by atoms with Crippen LogP contribution in [0.15, 0.2) is 25.3 Å². The minimum atomic E-state index is -0.107. The third kappa shape index (κ3) is 3.60. The van der Waals surface area contributed by atoms with Gasteiger partial charge in [-0.1, -0.05) is 31.4 Å². The fraction of sp³-hybridized carbons (Fsp3) is 0.643. The molecule has 1 aliphatic carbocycles. The van der Waals surface area contributed by atoms with Crippen LogP contribution in [0.2, 0.25) is 0 Å². The van der Waals surface area contributed by atoms with Gasteiger partial charge in [0.2, 0.25) is 0 Å². The summed E-state index contributed by atoms with van der Waals surface area (Å²) < 4.78 is 0.